The van der Waals surface area contributed by atoms with E-state index in [0.717, 1.165) is 6.07 Å². The van der Waals surface area contributed by atoms with Crippen LogP contribution in [0.15, 0.2) is 42.5 Å². The van der Waals surface area contributed by atoms with E-state index in [9.17, 15) is 23.1 Å². The highest BCUT2D eigenvalue weighted by Crippen LogP contribution is 2.35. The average molecular weight is 295 g/mol. The van der Waals surface area contributed by atoms with Crippen LogP contribution in [0.25, 0.3) is 11.1 Å². The smallest absolute Gasteiger partial charge is 0.416 e. The highest BCUT2D eigenvalue weighted by molar-refractivity contribution is 5.95. The summed E-state index contributed by atoms with van der Waals surface area (Å²) in [5.41, 5.74) is -0.0136. The molecule has 0 spiro atoms. The van der Waals surface area contributed by atoms with Crippen LogP contribution in [0.3, 0.4) is 0 Å². The van der Waals surface area contributed by atoms with Crippen molar-refractivity contribution in [3.05, 3.63) is 53.6 Å². The fourth-order valence-electron chi connectivity index (χ4n) is 1.93. The average Bonchev–Trinajstić information content (AvgIpc) is 2.45. The number of carbonyl (C=O) groups excluding carboxylic acids is 1. The van der Waals surface area contributed by atoms with Gasteiger partial charge in [-0.05, 0) is 41.5 Å². The van der Waals surface area contributed by atoms with Crippen molar-refractivity contribution in [3.63, 3.8) is 0 Å². The predicted octanol–water partition coefficient (Wildman–Crippen LogP) is 3.44. The lowest BCUT2D eigenvalue weighted by Crippen LogP contribution is -2.17. The van der Waals surface area contributed by atoms with Crippen molar-refractivity contribution in [2.75, 3.05) is 7.05 Å². The quantitative estimate of drug-likeness (QED) is 0.891. The van der Waals surface area contributed by atoms with E-state index in [1.54, 1.807) is 18.2 Å². The van der Waals surface area contributed by atoms with E-state index in [1.807, 2.05) is 0 Å². The molecule has 0 aliphatic rings. The molecular formula is C15H12F3NO2. The Hall–Kier alpha value is -2.50. The van der Waals surface area contributed by atoms with Crippen molar-refractivity contribution in [1.29, 1.82) is 0 Å². The summed E-state index contributed by atoms with van der Waals surface area (Å²) >= 11 is 0. The Morgan fingerprint density at radius 2 is 1.81 bits per heavy atom. The molecule has 0 atom stereocenters. The Bertz CT molecular complexity index is 681. The summed E-state index contributed by atoms with van der Waals surface area (Å²) in [7, 11) is 1.46. The molecule has 0 aliphatic carbocycles. The van der Waals surface area contributed by atoms with Gasteiger partial charge in [0.25, 0.3) is 5.91 Å². The third-order valence-corrected chi connectivity index (χ3v) is 2.93. The van der Waals surface area contributed by atoms with E-state index in [1.165, 1.54) is 19.2 Å². The molecule has 0 fully saturated rings. The van der Waals surface area contributed by atoms with Crippen LogP contribution in [0.4, 0.5) is 13.2 Å². The van der Waals surface area contributed by atoms with E-state index in [0.29, 0.717) is 17.2 Å². The normalized spacial score (nSPS) is 11.2. The van der Waals surface area contributed by atoms with Gasteiger partial charge in [0.1, 0.15) is 5.75 Å². The van der Waals surface area contributed by atoms with Crippen LogP contribution < -0.4 is 5.32 Å². The lowest BCUT2D eigenvalue weighted by molar-refractivity contribution is -0.137. The van der Waals surface area contributed by atoms with Gasteiger partial charge in [-0.1, -0.05) is 12.1 Å². The molecule has 2 aromatic carbocycles. The van der Waals surface area contributed by atoms with Crippen LogP contribution in [0.5, 0.6) is 5.75 Å². The van der Waals surface area contributed by atoms with E-state index in [4.69, 9.17) is 0 Å². The Morgan fingerprint density at radius 3 is 2.43 bits per heavy atom. The lowest BCUT2D eigenvalue weighted by atomic mass is 10.00. The number of benzene rings is 2. The Kier molecular flexibility index (Phi) is 3.88. The first-order valence-corrected chi connectivity index (χ1v) is 6.05. The molecule has 0 heterocycles. The first-order valence-electron chi connectivity index (χ1n) is 6.05. The molecule has 0 unspecified atom stereocenters. The third-order valence-electron chi connectivity index (χ3n) is 2.93. The number of hydrogen-bond acceptors (Lipinski definition) is 2. The molecule has 2 N–H and O–H groups in total. The number of aromatic hydroxyl groups is 1. The summed E-state index contributed by atoms with van der Waals surface area (Å²) in [6.07, 6.45) is -4.55. The second-order valence-corrected chi connectivity index (χ2v) is 4.43. The Balaban J connectivity index is 2.52. The van der Waals surface area contributed by atoms with Crippen molar-refractivity contribution < 1.29 is 23.1 Å². The fourth-order valence-corrected chi connectivity index (χ4v) is 1.93. The van der Waals surface area contributed by atoms with Gasteiger partial charge in [-0.3, -0.25) is 4.79 Å². The van der Waals surface area contributed by atoms with Crippen LogP contribution in [0, 0.1) is 0 Å². The second kappa shape index (κ2) is 5.47. The van der Waals surface area contributed by atoms with Gasteiger partial charge < -0.3 is 10.4 Å². The maximum absolute atomic E-state index is 12.8. The zero-order valence-corrected chi connectivity index (χ0v) is 11.0. The van der Waals surface area contributed by atoms with Crippen LogP contribution in [0.2, 0.25) is 0 Å². The molecular weight excluding hydrogens is 283 g/mol. The molecule has 0 saturated carbocycles. The summed E-state index contributed by atoms with van der Waals surface area (Å²) in [6.45, 7) is 0. The van der Waals surface area contributed by atoms with Crippen molar-refractivity contribution in [2.24, 2.45) is 0 Å². The minimum atomic E-state index is -4.55. The summed E-state index contributed by atoms with van der Waals surface area (Å²) in [5.74, 6) is -0.821. The first kappa shape index (κ1) is 14.9. The first-order chi connectivity index (χ1) is 9.81. The van der Waals surface area contributed by atoms with Crippen molar-refractivity contribution in [3.8, 4) is 16.9 Å². The van der Waals surface area contributed by atoms with E-state index in [-0.39, 0.29) is 11.5 Å². The SMILES string of the molecule is CNC(=O)c1cccc(-c2cc(O)cc(C(F)(F)F)c2)c1. The molecule has 3 nitrogen and oxygen atoms in total. The fraction of sp³-hybridized carbons (Fsp3) is 0.133. The second-order valence-electron chi connectivity index (χ2n) is 4.43. The van der Waals surface area contributed by atoms with Crippen molar-refractivity contribution in [2.45, 2.75) is 6.18 Å². The topological polar surface area (TPSA) is 49.3 Å². The molecule has 110 valence electrons. The van der Waals surface area contributed by atoms with Gasteiger partial charge in [-0.15, -0.1) is 0 Å². The molecule has 1 amide bonds. The molecule has 0 aromatic heterocycles. The highest BCUT2D eigenvalue weighted by atomic mass is 19.4. The predicted molar refractivity (Wildman–Crippen MR) is 71.9 cm³/mol. The number of amides is 1. The molecule has 2 aromatic rings. The zero-order chi connectivity index (χ0) is 15.6. The lowest BCUT2D eigenvalue weighted by Gasteiger charge is -2.11. The minimum absolute atomic E-state index is 0.188. The van der Waals surface area contributed by atoms with Gasteiger partial charge in [0, 0.05) is 12.6 Å². The largest absolute Gasteiger partial charge is 0.508 e. The highest BCUT2D eigenvalue weighted by Gasteiger charge is 2.31. The third kappa shape index (κ3) is 3.34. The van der Waals surface area contributed by atoms with Gasteiger partial charge >= 0.3 is 6.18 Å². The molecule has 2 rings (SSSR count). The number of nitrogens with one attached hydrogen (secondary N) is 1. The molecule has 0 saturated heterocycles. The number of hydrogen-bond donors (Lipinski definition) is 2. The van der Waals surface area contributed by atoms with Crippen LogP contribution >= 0.6 is 0 Å². The summed E-state index contributed by atoms with van der Waals surface area (Å²) < 4.78 is 38.3. The Labute approximate surface area is 119 Å². The van der Waals surface area contributed by atoms with Gasteiger partial charge in [0.05, 0.1) is 5.56 Å². The molecule has 0 bridgehead atoms. The van der Waals surface area contributed by atoms with Gasteiger partial charge in [-0.2, -0.15) is 13.2 Å². The molecule has 0 radical (unpaired) electrons. The van der Waals surface area contributed by atoms with Crippen LogP contribution in [-0.2, 0) is 6.18 Å². The van der Waals surface area contributed by atoms with Gasteiger partial charge in [-0.25, -0.2) is 0 Å². The maximum atomic E-state index is 12.8. The summed E-state index contributed by atoms with van der Waals surface area (Å²) in [4.78, 5) is 11.5. The van der Waals surface area contributed by atoms with Gasteiger partial charge in [0.2, 0.25) is 0 Å². The monoisotopic (exact) mass is 295 g/mol. The number of phenolic OH excluding ortho intramolecular Hbond substituents is 1. The standard InChI is InChI=1S/C15H12F3NO2/c1-19-14(21)10-4-2-3-9(5-10)11-6-12(15(16,17)18)8-13(20)7-11/h2-8,20H,1H3,(H,19,21). The maximum Gasteiger partial charge on any atom is 0.416 e. The molecule has 0 aliphatic heterocycles. The Morgan fingerprint density at radius 1 is 1.10 bits per heavy atom. The van der Waals surface area contributed by atoms with E-state index >= 15 is 0 Å². The van der Waals surface area contributed by atoms with E-state index in [2.05, 4.69) is 5.32 Å². The minimum Gasteiger partial charge on any atom is -0.508 e. The number of carbonyl (C=O) groups is 1. The number of rotatable bonds is 2. The van der Waals surface area contributed by atoms with Gasteiger partial charge in [0.15, 0.2) is 0 Å². The number of phenols is 1. The zero-order valence-electron chi connectivity index (χ0n) is 11.0. The number of alkyl halides is 3. The molecule has 6 heteroatoms. The summed E-state index contributed by atoms with van der Waals surface area (Å²) in [6, 6.07) is 8.97. The van der Waals surface area contributed by atoms with Crippen molar-refractivity contribution >= 4 is 5.91 Å². The van der Waals surface area contributed by atoms with Crippen molar-refractivity contribution in [1.82, 2.24) is 5.32 Å². The number of halogens is 3. The van der Waals surface area contributed by atoms with E-state index < -0.39 is 17.5 Å². The van der Waals surface area contributed by atoms with Crippen LogP contribution in [0.1, 0.15) is 15.9 Å². The van der Waals surface area contributed by atoms with Crippen LogP contribution in [-0.4, -0.2) is 18.1 Å². The molecule has 21 heavy (non-hydrogen) atoms. The summed E-state index contributed by atoms with van der Waals surface area (Å²) in [5, 5.41) is 11.9.